The number of nitrogens with one attached hydrogen (secondary N) is 2. The molecule has 30 heavy (non-hydrogen) atoms. The number of sulfonamides is 1. The molecule has 1 atom stereocenters. The molecule has 0 aliphatic carbocycles. The van der Waals surface area contributed by atoms with E-state index in [-0.39, 0.29) is 24.0 Å². The number of amides is 2. The summed E-state index contributed by atoms with van der Waals surface area (Å²) in [4.78, 5) is 26.9. The lowest BCUT2D eigenvalue weighted by Gasteiger charge is -2.20. The molecule has 1 saturated heterocycles. The van der Waals surface area contributed by atoms with Crippen LogP contribution in [0.25, 0.3) is 0 Å². The van der Waals surface area contributed by atoms with E-state index in [4.69, 9.17) is 0 Å². The maximum Gasteiger partial charge on any atom is 0.232 e. The number of hydrogen-bond acceptors (Lipinski definition) is 4. The molecule has 0 bridgehead atoms. The third kappa shape index (κ3) is 4.99. The minimum Gasteiger partial charge on any atom is -0.326 e. The van der Waals surface area contributed by atoms with Crippen LogP contribution in [0.3, 0.4) is 0 Å². The molecule has 8 heteroatoms. The Hall–Kier alpha value is -2.87. The van der Waals surface area contributed by atoms with E-state index < -0.39 is 15.9 Å². The second kappa shape index (κ2) is 8.87. The second-order valence-corrected chi connectivity index (χ2v) is 9.45. The van der Waals surface area contributed by atoms with E-state index >= 15 is 0 Å². The SMILES string of the molecule is CCCS(=O)(=O)Nc1ccc(NC(=O)C2CC(=O)N(c3cccc(C)c3C)C2)cc1. The van der Waals surface area contributed by atoms with E-state index in [1.165, 1.54) is 0 Å². The van der Waals surface area contributed by atoms with Gasteiger partial charge in [0.15, 0.2) is 0 Å². The first-order valence-electron chi connectivity index (χ1n) is 9.98. The fourth-order valence-corrected chi connectivity index (χ4v) is 4.64. The summed E-state index contributed by atoms with van der Waals surface area (Å²) in [5.74, 6) is -0.682. The van der Waals surface area contributed by atoms with Gasteiger partial charge in [0, 0.05) is 30.0 Å². The minimum atomic E-state index is -3.36. The van der Waals surface area contributed by atoms with Crippen molar-refractivity contribution in [1.29, 1.82) is 0 Å². The lowest BCUT2D eigenvalue weighted by Crippen LogP contribution is -2.28. The number of carbonyl (C=O) groups is 2. The van der Waals surface area contributed by atoms with Crippen molar-refractivity contribution in [3.8, 4) is 0 Å². The largest absolute Gasteiger partial charge is 0.326 e. The Morgan fingerprint density at radius 3 is 2.43 bits per heavy atom. The third-order valence-electron chi connectivity index (χ3n) is 5.26. The van der Waals surface area contributed by atoms with Crippen molar-refractivity contribution in [1.82, 2.24) is 0 Å². The van der Waals surface area contributed by atoms with Gasteiger partial charge in [-0.2, -0.15) is 0 Å². The Kier molecular flexibility index (Phi) is 6.45. The van der Waals surface area contributed by atoms with Crippen molar-refractivity contribution in [2.24, 2.45) is 5.92 Å². The molecule has 2 aromatic carbocycles. The van der Waals surface area contributed by atoms with Crippen molar-refractivity contribution in [3.63, 3.8) is 0 Å². The summed E-state index contributed by atoms with van der Waals surface area (Å²) in [7, 11) is -3.36. The molecule has 1 aliphatic rings. The molecule has 7 nitrogen and oxygen atoms in total. The van der Waals surface area contributed by atoms with Crippen LogP contribution in [0, 0.1) is 19.8 Å². The molecule has 2 aromatic rings. The van der Waals surface area contributed by atoms with Crippen LogP contribution in [0.2, 0.25) is 0 Å². The fourth-order valence-electron chi connectivity index (χ4n) is 3.51. The molecule has 0 radical (unpaired) electrons. The predicted molar refractivity (Wildman–Crippen MR) is 119 cm³/mol. The number of carbonyl (C=O) groups excluding carboxylic acids is 2. The first-order valence-corrected chi connectivity index (χ1v) is 11.6. The van der Waals surface area contributed by atoms with E-state index in [1.54, 1.807) is 36.1 Å². The highest BCUT2D eigenvalue weighted by Crippen LogP contribution is 2.30. The highest BCUT2D eigenvalue weighted by molar-refractivity contribution is 7.92. The zero-order valence-corrected chi connectivity index (χ0v) is 18.3. The van der Waals surface area contributed by atoms with Crippen LogP contribution in [-0.4, -0.2) is 32.5 Å². The standard InChI is InChI=1S/C22H27N3O4S/c1-4-12-30(28,29)24-19-10-8-18(9-11-19)23-22(27)17-13-21(26)25(14-17)20-7-5-6-15(2)16(20)3/h5-11,17,24H,4,12-14H2,1-3H3,(H,23,27). The molecule has 2 N–H and O–H groups in total. The Balaban J connectivity index is 1.64. The fraction of sp³-hybridized carbons (Fsp3) is 0.364. The predicted octanol–water partition coefficient (Wildman–Crippen LogP) is 3.45. The van der Waals surface area contributed by atoms with Gasteiger partial charge in [0.2, 0.25) is 21.8 Å². The molecule has 1 aliphatic heterocycles. The summed E-state index contributed by atoms with van der Waals surface area (Å²) in [5.41, 5.74) is 3.98. The molecule has 0 aromatic heterocycles. The van der Waals surface area contributed by atoms with Gasteiger partial charge in [0.25, 0.3) is 0 Å². The van der Waals surface area contributed by atoms with Crippen molar-refractivity contribution in [2.45, 2.75) is 33.6 Å². The lowest BCUT2D eigenvalue weighted by atomic mass is 10.1. The quantitative estimate of drug-likeness (QED) is 0.705. The number of hydrogen-bond donors (Lipinski definition) is 2. The Bertz CT molecular complexity index is 1050. The van der Waals surface area contributed by atoms with Gasteiger partial charge in [-0.25, -0.2) is 8.42 Å². The molecular weight excluding hydrogens is 402 g/mol. The van der Waals surface area contributed by atoms with Gasteiger partial charge in [-0.15, -0.1) is 0 Å². The Morgan fingerprint density at radius 1 is 1.10 bits per heavy atom. The number of rotatable bonds is 7. The van der Waals surface area contributed by atoms with Crippen molar-refractivity contribution in [2.75, 3.05) is 27.2 Å². The van der Waals surface area contributed by atoms with E-state index in [0.29, 0.717) is 24.3 Å². The van der Waals surface area contributed by atoms with Crippen LogP contribution >= 0.6 is 0 Å². The third-order valence-corrected chi connectivity index (χ3v) is 6.75. The summed E-state index contributed by atoms with van der Waals surface area (Å²) < 4.78 is 26.2. The monoisotopic (exact) mass is 429 g/mol. The van der Waals surface area contributed by atoms with Crippen LogP contribution in [0.4, 0.5) is 17.1 Å². The molecule has 0 saturated carbocycles. The average molecular weight is 430 g/mol. The van der Waals surface area contributed by atoms with Crippen molar-refractivity contribution < 1.29 is 18.0 Å². The zero-order valence-electron chi connectivity index (χ0n) is 17.4. The summed E-state index contributed by atoms with van der Waals surface area (Å²) in [6, 6.07) is 12.3. The molecule has 1 heterocycles. The Labute approximate surface area is 177 Å². The number of benzene rings is 2. The van der Waals surface area contributed by atoms with Crippen LogP contribution in [0.15, 0.2) is 42.5 Å². The summed E-state index contributed by atoms with van der Waals surface area (Å²) in [6.07, 6.45) is 0.691. The molecule has 1 unspecified atom stereocenters. The highest BCUT2D eigenvalue weighted by atomic mass is 32.2. The van der Waals surface area contributed by atoms with Gasteiger partial charge in [-0.1, -0.05) is 19.1 Å². The van der Waals surface area contributed by atoms with Crippen LogP contribution in [0.1, 0.15) is 30.9 Å². The van der Waals surface area contributed by atoms with E-state index in [2.05, 4.69) is 10.0 Å². The van der Waals surface area contributed by atoms with Gasteiger partial charge < -0.3 is 10.2 Å². The normalized spacial score (nSPS) is 16.6. The molecule has 0 spiro atoms. The van der Waals surface area contributed by atoms with Crippen LogP contribution in [0.5, 0.6) is 0 Å². The van der Waals surface area contributed by atoms with E-state index in [9.17, 15) is 18.0 Å². The maximum atomic E-state index is 12.7. The average Bonchev–Trinajstić information content (AvgIpc) is 3.07. The molecule has 1 fully saturated rings. The van der Waals surface area contributed by atoms with Gasteiger partial charge in [0.05, 0.1) is 11.7 Å². The van der Waals surface area contributed by atoms with Crippen molar-refractivity contribution in [3.05, 3.63) is 53.6 Å². The number of nitrogens with zero attached hydrogens (tertiary/aromatic N) is 1. The highest BCUT2D eigenvalue weighted by Gasteiger charge is 2.35. The summed E-state index contributed by atoms with van der Waals surface area (Å²) >= 11 is 0. The summed E-state index contributed by atoms with van der Waals surface area (Å²) in [6.45, 7) is 6.11. The second-order valence-electron chi connectivity index (χ2n) is 7.61. The Morgan fingerprint density at radius 2 is 1.77 bits per heavy atom. The molecular formula is C22H27N3O4S. The van der Waals surface area contributed by atoms with Crippen LogP contribution in [-0.2, 0) is 19.6 Å². The lowest BCUT2D eigenvalue weighted by molar-refractivity contribution is -0.122. The number of anilines is 3. The summed E-state index contributed by atoms with van der Waals surface area (Å²) in [5, 5.41) is 2.82. The topological polar surface area (TPSA) is 95.6 Å². The first kappa shape index (κ1) is 21.8. The smallest absolute Gasteiger partial charge is 0.232 e. The minimum absolute atomic E-state index is 0.0537. The first-order chi connectivity index (χ1) is 14.2. The number of aryl methyl sites for hydroxylation is 1. The zero-order chi connectivity index (χ0) is 21.9. The van der Waals surface area contributed by atoms with Gasteiger partial charge in [0.1, 0.15) is 0 Å². The van der Waals surface area contributed by atoms with Gasteiger partial charge >= 0.3 is 0 Å². The molecule has 2 amide bonds. The van der Waals surface area contributed by atoms with E-state index in [0.717, 1.165) is 16.8 Å². The van der Waals surface area contributed by atoms with Gasteiger partial charge in [-0.05, 0) is 61.7 Å². The van der Waals surface area contributed by atoms with Crippen LogP contribution < -0.4 is 14.9 Å². The van der Waals surface area contributed by atoms with Crippen molar-refractivity contribution >= 4 is 38.9 Å². The molecule has 3 rings (SSSR count). The maximum absolute atomic E-state index is 12.7. The molecule has 160 valence electrons. The van der Waals surface area contributed by atoms with E-state index in [1.807, 2.05) is 32.0 Å². The van der Waals surface area contributed by atoms with Gasteiger partial charge in [-0.3, -0.25) is 14.3 Å².